The zero-order valence-electron chi connectivity index (χ0n) is 11.6. The fraction of sp³-hybridized carbons (Fsp3) is 0.857. The third kappa shape index (κ3) is 2.54. The Bertz CT molecular complexity index is 428. The molecule has 19 heavy (non-hydrogen) atoms. The predicted molar refractivity (Wildman–Crippen MR) is 70.8 cm³/mol. The van der Waals surface area contributed by atoms with Crippen LogP contribution in [0, 0.1) is 0 Å². The predicted octanol–water partition coefficient (Wildman–Crippen LogP) is 1.95. The summed E-state index contributed by atoms with van der Waals surface area (Å²) in [7, 11) is 0. The Kier molecular flexibility index (Phi) is 3.58. The molecule has 2 N–H and O–H groups in total. The zero-order chi connectivity index (χ0) is 13.3. The van der Waals surface area contributed by atoms with E-state index in [2.05, 4.69) is 17.1 Å². The van der Waals surface area contributed by atoms with Gasteiger partial charge in [0.1, 0.15) is 0 Å². The molecule has 0 bridgehead atoms. The molecule has 0 aromatic carbocycles. The van der Waals surface area contributed by atoms with Gasteiger partial charge in [0, 0.05) is 19.1 Å². The largest absolute Gasteiger partial charge is 0.378 e. The van der Waals surface area contributed by atoms with Crippen LogP contribution in [0.5, 0.6) is 0 Å². The molecule has 5 heteroatoms. The molecule has 1 aromatic rings. The van der Waals surface area contributed by atoms with E-state index in [-0.39, 0.29) is 17.6 Å². The van der Waals surface area contributed by atoms with Crippen molar-refractivity contribution < 1.29 is 9.26 Å². The summed E-state index contributed by atoms with van der Waals surface area (Å²) in [6.45, 7) is 3.00. The molecule has 2 fully saturated rings. The van der Waals surface area contributed by atoms with Gasteiger partial charge in [0.15, 0.2) is 5.82 Å². The molecule has 1 saturated heterocycles. The molecule has 3 unspecified atom stereocenters. The summed E-state index contributed by atoms with van der Waals surface area (Å²) in [5.74, 6) is 1.48. The average Bonchev–Trinajstić information content (AvgIpc) is 3.00. The highest BCUT2D eigenvalue weighted by Gasteiger charge is 2.42. The third-order valence-corrected chi connectivity index (χ3v) is 4.67. The van der Waals surface area contributed by atoms with Crippen LogP contribution in [0.25, 0.3) is 0 Å². The van der Waals surface area contributed by atoms with Gasteiger partial charge in [-0.25, -0.2) is 0 Å². The van der Waals surface area contributed by atoms with Crippen molar-refractivity contribution in [2.24, 2.45) is 5.73 Å². The monoisotopic (exact) mass is 265 g/mol. The van der Waals surface area contributed by atoms with Crippen LogP contribution >= 0.6 is 0 Å². The lowest BCUT2D eigenvalue weighted by Crippen LogP contribution is -2.38. The van der Waals surface area contributed by atoms with Gasteiger partial charge in [-0.15, -0.1) is 0 Å². The minimum Gasteiger partial charge on any atom is -0.378 e. The summed E-state index contributed by atoms with van der Waals surface area (Å²) in [6, 6.07) is 0.131. The standard InChI is InChI=1S/C14H23N3O2/c1-14(7-4-6-11(14)15)13-16-12(17-19-13)9-10-5-2-3-8-18-10/h10-11H,2-9,15H2,1H3. The number of nitrogens with two attached hydrogens (primary N) is 1. The minimum absolute atomic E-state index is 0.131. The smallest absolute Gasteiger partial charge is 0.234 e. The lowest BCUT2D eigenvalue weighted by atomic mass is 9.85. The summed E-state index contributed by atoms with van der Waals surface area (Å²) >= 11 is 0. The molecule has 0 radical (unpaired) electrons. The van der Waals surface area contributed by atoms with Crippen LogP contribution in [0.15, 0.2) is 4.52 Å². The number of aromatic nitrogens is 2. The summed E-state index contributed by atoms with van der Waals surface area (Å²) in [4.78, 5) is 4.57. The number of hydrogen-bond donors (Lipinski definition) is 1. The first-order valence-electron chi connectivity index (χ1n) is 7.39. The van der Waals surface area contributed by atoms with Gasteiger partial charge in [0.25, 0.3) is 0 Å². The maximum atomic E-state index is 6.19. The first kappa shape index (κ1) is 13.1. The SMILES string of the molecule is CC1(c2nc(CC3CCCCO3)no2)CCCC1N. The molecular formula is C14H23N3O2. The van der Waals surface area contributed by atoms with Gasteiger partial charge in [-0.05, 0) is 39.0 Å². The normalized spacial score (nSPS) is 35.7. The van der Waals surface area contributed by atoms with Crippen molar-refractivity contribution in [3.63, 3.8) is 0 Å². The highest BCUT2D eigenvalue weighted by Crippen LogP contribution is 2.38. The lowest BCUT2D eigenvalue weighted by molar-refractivity contribution is 0.0153. The van der Waals surface area contributed by atoms with E-state index in [9.17, 15) is 0 Å². The van der Waals surface area contributed by atoms with Gasteiger partial charge < -0.3 is 15.0 Å². The third-order valence-electron chi connectivity index (χ3n) is 4.67. The van der Waals surface area contributed by atoms with Gasteiger partial charge in [-0.2, -0.15) is 4.98 Å². The number of ether oxygens (including phenoxy) is 1. The van der Waals surface area contributed by atoms with Crippen LogP contribution in [0.4, 0.5) is 0 Å². The molecule has 2 heterocycles. The van der Waals surface area contributed by atoms with Crippen molar-refractivity contribution in [2.75, 3.05) is 6.61 Å². The van der Waals surface area contributed by atoms with E-state index < -0.39 is 0 Å². The highest BCUT2D eigenvalue weighted by atomic mass is 16.5. The van der Waals surface area contributed by atoms with Crippen LogP contribution in [-0.2, 0) is 16.6 Å². The van der Waals surface area contributed by atoms with Crippen LogP contribution in [0.1, 0.15) is 57.2 Å². The summed E-state index contributed by atoms with van der Waals surface area (Å²) in [6.07, 6.45) is 7.73. The molecule has 106 valence electrons. The van der Waals surface area contributed by atoms with E-state index in [1.54, 1.807) is 0 Å². The van der Waals surface area contributed by atoms with Crippen molar-refractivity contribution in [1.29, 1.82) is 0 Å². The zero-order valence-corrected chi connectivity index (χ0v) is 11.6. The molecule has 0 amide bonds. The molecule has 1 aromatic heterocycles. The Labute approximate surface area is 113 Å². The Morgan fingerprint density at radius 2 is 2.21 bits per heavy atom. The van der Waals surface area contributed by atoms with Crippen LogP contribution in [0.3, 0.4) is 0 Å². The van der Waals surface area contributed by atoms with E-state index in [0.29, 0.717) is 5.89 Å². The number of rotatable bonds is 3. The number of nitrogens with zero attached hydrogens (tertiary/aromatic N) is 2. The summed E-state index contributed by atoms with van der Waals surface area (Å²) < 4.78 is 11.2. The van der Waals surface area contributed by atoms with E-state index >= 15 is 0 Å². The number of hydrogen-bond acceptors (Lipinski definition) is 5. The molecule has 1 aliphatic heterocycles. The maximum Gasteiger partial charge on any atom is 0.234 e. The molecule has 5 nitrogen and oxygen atoms in total. The van der Waals surface area contributed by atoms with Crippen molar-refractivity contribution in [3.05, 3.63) is 11.7 Å². The Balaban J connectivity index is 1.69. The second-order valence-electron chi connectivity index (χ2n) is 6.12. The quantitative estimate of drug-likeness (QED) is 0.904. The summed E-state index contributed by atoms with van der Waals surface area (Å²) in [5.41, 5.74) is 6.05. The molecular weight excluding hydrogens is 242 g/mol. The van der Waals surface area contributed by atoms with Crippen LogP contribution in [0.2, 0.25) is 0 Å². The van der Waals surface area contributed by atoms with Crippen molar-refractivity contribution in [2.45, 2.75) is 69.4 Å². The molecule has 3 atom stereocenters. The lowest BCUT2D eigenvalue weighted by Gasteiger charge is -2.24. The Morgan fingerprint density at radius 3 is 2.89 bits per heavy atom. The Morgan fingerprint density at radius 1 is 1.32 bits per heavy atom. The Hall–Kier alpha value is -0.940. The van der Waals surface area contributed by atoms with Crippen molar-refractivity contribution >= 4 is 0 Å². The second-order valence-corrected chi connectivity index (χ2v) is 6.12. The fourth-order valence-corrected chi connectivity index (χ4v) is 3.20. The first-order valence-corrected chi connectivity index (χ1v) is 7.39. The minimum atomic E-state index is -0.140. The van der Waals surface area contributed by atoms with Gasteiger partial charge in [0.2, 0.25) is 5.89 Å². The second kappa shape index (κ2) is 5.21. The molecule has 3 rings (SSSR count). The van der Waals surface area contributed by atoms with E-state index in [0.717, 1.165) is 44.5 Å². The topological polar surface area (TPSA) is 74.2 Å². The molecule has 2 aliphatic rings. The first-order chi connectivity index (χ1) is 9.18. The molecule has 0 spiro atoms. The van der Waals surface area contributed by atoms with E-state index in [4.69, 9.17) is 15.0 Å². The van der Waals surface area contributed by atoms with Crippen molar-refractivity contribution in [1.82, 2.24) is 10.1 Å². The van der Waals surface area contributed by atoms with Gasteiger partial charge in [0.05, 0.1) is 11.5 Å². The van der Waals surface area contributed by atoms with Gasteiger partial charge >= 0.3 is 0 Å². The van der Waals surface area contributed by atoms with Gasteiger partial charge in [-0.3, -0.25) is 0 Å². The molecule has 1 saturated carbocycles. The van der Waals surface area contributed by atoms with Gasteiger partial charge in [-0.1, -0.05) is 11.6 Å². The van der Waals surface area contributed by atoms with Crippen LogP contribution < -0.4 is 5.73 Å². The van der Waals surface area contributed by atoms with E-state index in [1.165, 1.54) is 12.8 Å². The van der Waals surface area contributed by atoms with E-state index in [1.807, 2.05) is 0 Å². The van der Waals surface area contributed by atoms with Crippen LogP contribution in [-0.4, -0.2) is 28.9 Å². The maximum absolute atomic E-state index is 6.19. The van der Waals surface area contributed by atoms with Crippen molar-refractivity contribution in [3.8, 4) is 0 Å². The average molecular weight is 265 g/mol. The fourth-order valence-electron chi connectivity index (χ4n) is 3.20. The summed E-state index contributed by atoms with van der Waals surface area (Å²) in [5, 5.41) is 4.11. The molecule has 1 aliphatic carbocycles. The highest BCUT2D eigenvalue weighted by molar-refractivity contribution is 5.12.